The van der Waals surface area contributed by atoms with E-state index in [2.05, 4.69) is 9.88 Å². The average molecular weight is 381 g/mol. The molecule has 0 radical (unpaired) electrons. The molecular weight excluding hydrogens is 354 g/mol. The second kappa shape index (κ2) is 7.75. The second-order valence-corrected chi connectivity index (χ2v) is 7.93. The van der Waals surface area contributed by atoms with Gasteiger partial charge in [0.15, 0.2) is 0 Å². The van der Waals surface area contributed by atoms with Crippen molar-refractivity contribution in [3.05, 3.63) is 41.7 Å². The molecule has 7 nitrogen and oxygen atoms in total. The van der Waals surface area contributed by atoms with Crippen LogP contribution in [0.3, 0.4) is 0 Å². The Hall–Kier alpha value is -2.67. The predicted octanol–water partition coefficient (Wildman–Crippen LogP) is 1.37. The number of nitrogens with one attached hydrogen (secondary N) is 1. The van der Waals surface area contributed by atoms with Crippen LogP contribution in [-0.4, -0.2) is 76.8 Å². The maximum atomic E-state index is 13.0. The van der Waals surface area contributed by atoms with E-state index in [0.717, 1.165) is 35.7 Å². The molecule has 2 aliphatic rings. The quantitative estimate of drug-likeness (QED) is 0.849. The molecule has 0 bridgehead atoms. The second-order valence-electron chi connectivity index (χ2n) is 7.93. The molecule has 0 spiro atoms. The zero-order valence-corrected chi connectivity index (χ0v) is 16.5. The lowest BCUT2D eigenvalue weighted by Gasteiger charge is -2.28. The normalized spacial score (nSPS) is 19.4. The Balaban J connectivity index is 1.41. The van der Waals surface area contributed by atoms with E-state index in [0.29, 0.717) is 32.6 Å². The van der Waals surface area contributed by atoms with Crippen molar-refractivity contribution in [1.29, 1.82) is 0 Å². The first-order chi connectivity index (χ1) is 13.5. The van der Waals surface area contributed by atoms with E-state index < -0.39 is 0 Å². The van der Waals surface area contributed by atoms with Gasteiger partial charge in [-0.25, -0.2) is 4.98 Å². The summed E-state index contributed by atoms with van der Waals surface area (Å²) < 4.78 is 0. The minimum absolute atomic E-state index is 0.0854. The highest BCUT2D eigenvalue weighted by molar-refractivity contribution is 5.89. The van der Waals surface area contributed by atoms with Crippen molar-refractivity contribution < 1.29 is 9.59 Å². The fourth-order valence-corrected chi connectivity index (χ4v) is 3.95. The summed E-state index contributed by atoms with van der Waals surface area (Å²) in [6.07, 6.45) is 1.07. The molecule has 2 aromatic rings. The van der Waals surface area contributed by atoms with Gasteiger partial charge in [-0.05, 0) is 14.1 Å². The molecule has 4 rings (SSSR count). The van der Waals surface area contributed by atoms with Crippen molar-refractivity contribution in [2.24, 2.45) is 5.92 Å². The number of benzene rings is 1. The smallest absolute Gasteiger partial charge is 0.228 e. The maximum absolute atomic E-state index is 13.0. The van der Waals surface area contributed by atoms with Crippen LogP contribution >= 0.6 is 0 Å². The lowest BCUT2D eigenvalue weighted by Crippen LogP contribution is -2.41. The summed E-state index contributed by atoms with van der Waals surface area (Å²) in [7, 11) is 3.98. The summed E-state index contributed by atoms with van der Waals surface area (Å²) in [6, 6.07) is 10.0. The molecule has 0 unspecified atom stereocenters. The summed E-state index contributed by atoms with van der Waals surface area (Å²) in [5.41, 5.74) is 3.10. The summed E-state index contributed by atoms with van der Waals surface area (Å²) in [5, 5.41) is 0. The zero-order chi connectivity index (χ0) is 19.7. The Morgan fingerprint density at radius 1 is 1.29 bits per heavy atom. The third kappa shape index (κ3) is 3.80. The molecule has 2 amide bonds. The van der Waals surface area contributed by atoms with Crippen LogP contribution in [0.5, 0.6) is 0 Å². The highest BCUT2D eigenvalue weighted by Crippen LogP contribution is 2.26. The molecule has 1 aromatic heterocycles. The summed E-state index contributed by atoms with van der Waals surface area (Å²) >= 11 is 0. The fourth-order valence-electron chi connectivity index (χ4n) is 3.95. The Kier molecular flexibility index (Phi) is 5.17. The average Bonchev–Trinajstić information content (AvgIpc) is 3.29. The molecule has 28 heavy (non-hydrogen) atoms. The molecule has 2 aliphatic heterocycles. The van der Waals surface area contributed by atoms with Gasteiger partial charge in [0.2, 0.25) is 11.8 Å². The van der Waals surface area contributed by atoms with Crippen molar-refractivity contribution >= 4 is 11.8 Å². The van der Waals surface area contributed by atoms with E-state index in [1.54, 1.807) is 0 Å². The molecule has 3 heterocycles. The highest BCUT2D eigenvalue weighted by atomic mass is 16.2. The van der Waals surface area contributed by atoms with Crippen molar-refractivity contribution in [2.45, 2.75) is 19.4 Å². The van der Waals surface area contributed by atoms with Gasteiger partial charge in [-0.1, -0.05) is 30.3 Å². The number of rotatable bonds is 5. The van der Waals surface area contributed by atoms with Crippen LogP contribution in [0.2, 0.25) is 0 Å². The highest BCUT2D eigenvalue weighted by Gasteiger charge is 2.37. The van der Waals surface area contributed by atoms with Crippen LogP contribution in [0.25, 0.3) is 11.4 Å². The number of carbonyl (C=O) groups excluding carboxylic acids is 2. The number of carbonyl (C=O) groups is 2. The number of hydrogen-bond donors (Lipinski definition) is 1. The van der Waals surface area contributed by atoms with Crippen molar-refractivity contribution in [3.8, 4) is 11.4 Å². The minimum Gasteiger partial charge on any atom is -0.341 e. The molecule has 1 fully saturated rings. The molecule has 1 saturated heterocycles. The maximum Gasteiger partial charge on any atom is 0.228 e. The van der Waals surface area contributed by atoms with Gasteiger partial charge in [0, 0.05) is 44.6 Å². The molecular formula is C21H27N5O2. The van der Waals surface area contributed by atoms with Crippen LogP contribution in [0.15, 0.2) is 30.3 Å². The first kappa shape index (κ1) is 18.7. The number of hydrogen-bond acceptors (Lipinski definition) is 4. The van der Waals surface area contributed by atoms with Gasteiger partial charge in [0.1, 0.15) is 5.82 Å². The fraction of sp³-hybridized carbons (Fsp3) is 0.476. The van der Waals surface area contributed by atoms with Crippen molar-refractivity contribution in [2.75, 3.05) is 40.3 Å². The topological polar surface area (TPSA) is 72.5 Å². The Bertz CT molecular complexity index is 861. The number of imidazole rings is 1. The number of fused-ring (bicyclic) bond motifs is 1. The van der Waals surface area contributed by atoms with Gasteiger partial charge in [-0.2, -0.15) is 0 Å². The molecule has 1 atom stereocenters. The van der Waals surface area contributed by atoms with E-state index in [4.69, 9.17) is 4.98 Å². The number of amides is 2. The first-order valence-electron chi connectivity index (χ1n) is 9.85. The minimum atomic E-state index is -0.229. The number of aromatic nitrogens is 2. The van der Waals surface area contributed by atoms with Crippen molar-refractivity contribution in [3.63, 3.8) is 0 Å². The lowest BCUT2D eigenvalue weighted by atomic mass is 10.0. The Labute approximate surface area is 165 Å². The number of likely N-dealkylation sites (tertiary alicyclic amines) is 1. The Morgan fingerprint density at radius 2 is 2.07 bits per heavy atom. The number of aromatic amines is 1. The number of nitrogens with zero attached hydrogens (tertiary/aromatic N) is 4. The number of H-pyrrole nitrogens is 1. The van der Waals surface area contributed by atoms with Gasteiger partial charge in [-0.15, -0.1) is 0 Å². The van der Waals surface area contributed by atoms with Gasteiger partial charge in [0.25, 0.3) is 0 Å². The van der Waals surface area contributed by atoms with E-state index in [1.807, 2.05) is 54.2 Å². The van der Waals surface area contributed by atoms with E-state index in [9.17, 15) is 9.59 Å². The van der Waals surface area contributed by atoms with Crippen LogP contribution < -0.4 is 0 Å². The third-order valence-electron chi connectivity index (χ3n) is 5.57. The summed E-state index contributed by atoms with van der Waals surface area (Å²) in [5.74, 6) is 0.798. The molecule has 1 aromatic carbocycles. The van der Waals surface area contributed by atoms with E-state index in [1.165, 1.54) is 0 Å². The van der Waals surface area contributed by atoms with Crippen molar-refractivity contribution in [1.82, 2.24) is 24.7 Å². The first-order valence-corrected chi connectivity index (χ1v) is 9.85. The number of likely N-dealkylation sites (N-methyl/N-ethyl adjacent to an activating group) is 1. The van der Waals surface area contributed by atoms with Gasteiger partial charge in [-0.3, -0.25) is 9.59 Å². The van der Waals surface area contributed by atoms with Gasteiger partial charge >= 0.3 is 0 Å². The Morgan fingerprint density at radius 3 is 2.82 bits per heavy atom. The summed E-state index contributed by atoms with van der Waals surface area (Å²) in [4.78, 5) is 39.1. The lowest BCUT2D eigenvalue weighted by molar-refractivity contribution is -0.136. The molecule has 1 N–H and O–H groups in total. The van der Waals surface area contributed by atoms with Crippen LogP contribution in [0.4, 0.5) is 0 Å². The molecule has 7 heteroatoms. The van der Waals surface area contributed by atoms with Gasteiger partial charge < -0.3 is 19.7 Å². The molecule has 148 valence electrons. The zero-order valence-electron chi connectivity index (χ0n) is 16.5. The van der Waals surface area contributed by atoms with E-state index >= 15 is 0 Å². The van der Waals surface area contributed by atoms with E-state index in [-0.39, 0.29) is 17.7 Å². The van der Waals surface area contributed by atoms with Crippen LogP contribution in [0.1, 0.15) is 17.8 Å². The molecule has 0 saturated carbocycles. The monoisotopic (exact) mass is 381 g/mol. The standard InChI is InChI=1S/C21H27N5O2/c1-24(2)10-11-25-13-16(12-19(25)27)21(28)26-9-8-17-18(14-26)23-20(22-17)15-6-4-3-5-7-15/h3-7,16H,8-14H2,1-2H3,(H,22,23)/t16-/m1/s1. The van der Waals surface area contributed by atoms with Gasteiger partial charge in [0.05, 0.1) is 23.9 Å². The third-order valence-corrected chi connectivity index (χ3v) is 5.57. The summed E-state index contributed by atoms with van der Waals surface area (Å²) in [6.45, 7) is 3.23. The van der Waals surface area contributed by atoms with Crippen LogP contribution in [-0.2, 0) is 22.6 Å². The predicted molar refractivity (Wildman–Crippen MR) is 106 cm³/mol. The SMILES string of the molecule is CN(C)CCN1C[C@H](C(=O)N2CCc3nc(-c4ccccc4)[nH]c3C2)CC1=O. The largest absolute Gasteiger partial charge is 0.341 e. The molecule has 0 aliphatic carbocycles. The van der Waals surface area contributed by atoms with Crippen LogP contribution in [0, 0.1) is 5.92 Å².